The molecule has 114 valence electrons. The van der Waals surface area contributed by atoms with Gasteiger partial charge in [0.25, 0.3) is 0 Å². The second kappa shape index (κ2) is 8.98. The van der Waals surface area contributed by atoms with E-state index < -0.39 is 0 Å². The first-order valence-electron chi connectivity index (χ1n) is 7.75. The van der Waals surface area contributed by atoms with Crippen LogP contribution in [0.2, 0.25) is 0 Å². The van der Waals surface area contributed by atoms with E-state index >= 15 is 0 Å². The lowest BCUT2D eigenvalue weighted by Gasteiger charge is -2.23. The smallest absolute Gasteiger partial charge is 0.0314 e. The lowest BCUT2D eigenvalue weighted by Crippen LogP contribution is -2.28. The van der Waals surface area contributed by atoms with E-state index in [1.807, 2.05) is 12.1 Å². The monoisotopic (exact) mass is 277 g/mol. The Bertz CT molecular complexity index is 359. The fraction of sp³-hybridized carbons (Fsp3) is 0.647. The summed E-state index contributed by atoms with van der Waals surface area (Å²) in [7, 11) is 4.28. The van der Waals surface area contributed by atoms with E-state index in [0.29, 0.717) is 5.92 Å². The predicted octanol–water partition coefficient (Wildman–Crippen LogP) is 3.04. The van der Waals surface area contributed by atoms with Gasteiger partial charge in [-0.2, -0.15) is 0 Å². The second-order valence-electron chi connectivity index (χ2n) is 5.95. The Morgan fingerprint density at radius 2 is 1.70 bits per heavy atom. The predicted molar refractivity (Wildman–Crippen MR) is 89.2 cm³/mol. The summed E-state index contributed by atoms with van der Waals surface area (Å²) >= 11 is 0. The van der Waals surface area contributed by atoms with Gasteiger partial charge >= 0.3 is 0 Å². The molecule has 0 spiro atoms. The van der Waals surface area contributed by atoms with Gasteiger partial charge in [-0.05, 0) is 76.7 Å². The average Bonchev–Trinajstić information content (AvgIpc) is 2.42. The molecule has 0 aliphatic carbocycles. The van der Waals surface area contributed by atoms with Crippen LogP contribution in [-0.2, 0) is 0 Å². The zero-order valence-electron chi connectivity index (χ0n) is 13.6. The Balaban J connectivity index is 2.33. The zero-order valence-corrected chi connectivity index (χ0v) is 13.6. The first-order valence-corrected chi connectivity index (χ1v) is 7.75. The molecule has 0 saturated carbocycles. The highest BCUT2D eigenvalue weighted by molar-refractivity contribution is 5.40. The number of nitrogens with two attached hydrogens (primary N) is 1. The number of anilines is 1. The number of rotatable bonds is 9. The molecule has 0 aliphatic heterocycles. The lowest BCUT2D eigenvalue weighted by atomic mass is 9.97. The zero-order chi connectivity index (χ0) is 15.0. The van der Waals surface area contributed by atoms with Crippen LogP contribution in [0.25, 0.3) is 0 Å². The molecule has 0 saturated heterocycles. The Kier molecular flexibility index (Phi) is 7.63. The molecule has 0 bridgehead atoms. The lowest BCUT2D eigenvalue weighted by molar-refractivity contribution is 0.258. The highest BCUT2D eigenvalue weighted by atomic mass is 15.1. The molecule has 0 amide bonds. The minimum absolute atomic E-state index is 0.596. The van der Waals surface area contributed by atoms with E-state index in [1.165, 1.54) is 38.0 Å². The standard InChI is InChI=1S/C17H31N3/c1-5-20(13-6-12-19(3)4)14-11-15(2)16-7-9-17(18)10-8-16/h7-10,15H,5-6,11-14,18H2,1-4H3. The van der Waals surface area contributed by atoms with Gasteiger partial charge in [-0.1, -0.05) is 26.0 Å². The first-order chi connectivity index (χ1) is 9.52. The van der Waals surface area contributed by atoms with Crippen molar-refractivity contribution in [3.8, 4) is 0 Å². The molecule has 20 heavy (non-hydrogen) atoms. The Hall–Kier alpha value is -1.06. The van der Waals surface area contributed by atoms with Gasteiger partial charge in [0.2, 0.25) is 0 Å². The molecule has 1 rings (SSSR count). The largest absolute Gasteiger partial charge is 0.399 e. The van der Waals surface area contributed by atoms with Crippen molar-refractivity contribution in [1.29, 1.82) is 0 Å². The van der Waals surface area contributed by atoms with Crippen molar-refractivity contribution in [2.45, 2.75) is 32.6 Å². The average molecular weight is 277 g/mol. The molecule has 0 radical (unpaired) electrons. The molecule has 0 aliphatic rings. The van der Waals surface area contributed by atoms with E-state index in [9.17, 15) is 0 Å². The number of hydrogen-bond acceptors (Lipinski definition) is 3. The quantitative estimate of drug-likeness (QED) is 0.704. The normalized spacial score (nSPS) is 13.1. The number of nitrogens with zero attached hydrogens (tertiary/aromatic N) is 2. The third kappa shape index (κ3) is 6.40. The third-order valence-corrected chi connectivity index (χ3v) is 3.91. The molecule has 1 unspecified atom stereocenters. The molecule has 0 aromatic heterocycles. The SMILES string of the molecule is CCN(CCCN(C)C)CCC(C)c1ccc(N)cc1. The summed E-state index contributed by atoms with van der Waals surface area (Å²) in [6.45, 7) is 9.24. The van der Waals surface area contributed by atoms with Crippen LogP contribution in [-0.4, -0.2) is 50.1 Å². The summed E-state index contributed by atoms with van der Waals surface area (Å²) in [5, 5.41) is 0. The topological polar surface area (TPSA) is 32.5 Å². The minimum atomic E-state index is 0.596. The van der Waals surface area contributed by atoms with Crippen LogP contribution < -0.4 is 5.73 Å². The number of benzene rings is 1. The van der Waals surface area contributed by atoms with Gasteiger partial charge < -0.3 is 15.5 Å². The molecular formula is C17H31N3. The minimum Gasteiger partial charge on any atom is -0.399 e. The Morgan fingerprint density at radius 3 is 2.25 bits per heavy atom. The van der Waals surface area contributed by atoms with E-state index in [2.05, 4.69) is 49.9 Å². The van der Waals surface area contributed by atoms with Gasteiger partial charge in [-0.25, -0.2) is 0 Å². The van der Waals surface area contributed by atoms with E-state index in [4.69, 9.17) is 5.73 Å². The molecule has 0 fully saturated rings. The maximum absolute atomic E-state index is 5.74. The highest BCUT2D eigenvalue weighted by Crippen LogP contribution is 2.20. The van der Waals surface area contributed by atoms with E-state index in [0.717, 1.165) is 12.2 Å². The molecule has 1 aromatic carbocycles. The maximum Gasteiger partial charge on any atom is 0.0314 e. The molecule has 3 nitrogen and oxygen atoms in total. The fourth-order valence-corrected chi connectivity index (χ4v) is 2.41. The first kappa shape index (κ1) is 17.0. The van der Waals surface area contributed by atoms with Gasteiger partial charge in [-0.3, -0.25) is 0 Å². The van der Waals surface area contributed by atoms with Crippen molar-refractivity contribution in [2.75, 3.05) is 46.0 Å². The summed E-state index contributed by atoms with van der Waals surface area (Å²) in [6.07, 6.45) is 2.46. The fourth-order valence-electron chi connectivity index (χ4n) is 2.41. The van der Waals surface area contributed by atoms with Crippen LogP contribution in [0.4, 0.5) is 5.69 Å². The van der Waals surface area contributed by atoms with Crippen LogP contribution in [0, 0.1) is 0 Å². The molecular weight excluding hydrogens is 246 g/mol. The van der Waals surface area contributed by atoms with Crippen molar-refractivity contribution < 1.29 is 0 Å². The Morgan fingerprint density at radius 1 is 1.05 bits per heavy atom. The van der Waals surface area contributed by atoms with Crippen molar-refractivity contribution in [1.82, 2.24) is 9.80 Å². The van der Waals surface area contributed by atoms with E-state index in [-0.39, 0.29) is 0 Å². The molecule has 0 heterocycles. The van der Waals surface area contributed by atoms with E-state index in [1.54, 1.807) is 0 Å². The van der Waals surface area contributed by atoms with Crippen LogP contribution in [0.15, 0.2) is 24.3 Å². The highest BCUT2D eigenvalue weighted by Gasteiger charge is 2.08. The Labute approximate surface area is 124 Å². The van der Waals surface area contributed by atoms with Crippen molar-refractivity contribution in [2.24, 2.45) is 0 Å². The molecule has 3 heteroatoms. The summed E-state index contributed by atoms with van der Waals surface area (Å²) in [5.41, 5.74) is 7.98. The third-order valence-electron chi connectivity index (χ3n) is 3.91. The van der Waals surface area contributed by atoms with Gasteiger partial charge in [0, 0.05) is 5.69 Å². The van der Waals surface area contributed by atoms with Gasteiger partial charge in [0.15, 0.2) is 0 Å². The summed E-state index contributed by atoms with van der Waals surface area (Å²) in [6, 6.07) is 8.31. The molecule has 2 N–H and O–H groups in total. The summed E-state index contributed by atoms with van der Waals surface area (Å²) in [5.74, 6) is 0.596. The van der Waals surface area contributed by atoms with Crippen LogP contribution >= 0.6 is 0 Å². The second-order valence-corrected chi connectivity index (χ2v) is 5.95. The van der Waals surface area contributed by atoms with Gasteiger partial charge in [0.1, 0.15) is 0 Å². The maximum atomic E-state index is 5.74. The van der Waals surface area contributed by atoms with Gasteiger partial charge in [0.05, 0.1) is 0 Å². The van der Waals surface area contributed by atoms with Crippen LogP contribution in [0.3, 0.4) is 0 Å². The van der Waals surface area contributed by atoms with Crippen molar-refractivity contribution >= 4 is 5.69 Å². The summed E-state index contributed by atoms with van der Waals surface area (Å²) in [4.78, 5) is 4.81. The van der Waals surface area contributed by atoms with Crippen LogP contribution in [0.1, 0.15) is 38.2 Å². The van der Waals surface area contributed by atoms with Crippen LogP contribution in [0.5, 0.6) is 0 Å². The summed E-state index contributed by atoms with van der Waals surface area (Å²) < 4.78 is 0. The van der Waals surface area contributed by atoms with Crippen molar-refractivity contribution in [3.05, 3.63) is 29.8 Å². The molecule has 1 aromatic rings. The van der Waals surface area contributed by atoms with Crippen molar-refractivity contribution in [3.63, 3.8) is 0 Å². The number of hydrogen-bond donors (Lipinski definition) is 1. The van der Waals surface area contributed by atoms with Gasteiger partial charge in [-0.15, -0.1) is 0 Å². The molecule has 1 atom stereocenters. The number of nitrogen functional groups attached to an aromatic ring is 1.